The minimum absolute atomic E-state index is 0.331. The molecule has 0 aliphatic heterocycles. The van der Waals surface area contributed by atoms with Gasteiger partial charge in [0.15, 0.2) is 0 Å². The molecule has 0 aliphatic carbocycles. The molecule has 4 rings (SSSR count). The molecule has 0 spiro atoms. The lowest BCUT2D eigenvalue weighted by Gasteiger charge is -2.09. The Morgan fingerprint density at radius 3 is 1.81 bits per heavy atom. The van der Waals surface area contributed by atoms with Gasteiger partial charge >= 0.3 is 12.1 Å². The molecule has 3 N–H and O–H groups in total. The zero-order chi connectivity index (χ0) is 26.0. The van der Waals surface area contributed by atoms with Crippen molar-refractivity contribution in [2.24, 2.45) is 5.16 Å². The lowest BCUT2D eigenvalue weighted by atomic mass is 9.99. The second-order valence-electron chi connectivity index (χ2n) is 7.98. The summed E-state index contributed by atoms with van der Waals surface area (Å²) in [5, 5.41) is 11.5. The zero-order valence-corrected chi connectivity index (χ0v) is 20.0. The van der Waals surface area contributed by atoms with Gasteiger partial charge in [-0.25, -0.2) is 9.59 Å². The van der Waals surface area contributed by atoms with E-state index in [1.165, 1.54) is 0 Å². The van der Waals surface area contributed by atoms with Gasteiger partial charge in [0.05, 0.1) is 5.71 Å². The van der Waals surface area contributed by atoms with E-state index in [0.29, 0.717) is 22.6 Å². The minimum atomic E-state index is -0.697. The number of hydrogen-bond donors (Lipinski definition) is 3. The maximum atomic E-state index is 12.6. The average molecular weight is 493 g/mol. The molecule has 0 aromatic heterocycles. The van der Waals surface area contributed by atoms with Crippen LogP contribution in [0.15, 0.2) is 114 Å². The van der Waals surface area contributed by atoms with Crippen molar-refractivity contribution >= 4 is 35.1 Å². The van der Waals surface area contributed by atoms with Gasteiger partial charge < -0.3 is 5.32 Å². The Bertz CT molecular complexity index is 1440. The van der Waals surface area contributed by atoms with Gasteiger partial charge in [-0.15, -0.1) is 0 Å². The third kappa shape index (κ3) is 7.12. The fourth-order valence-corrected chi connectivity index (χ4v) is 3.45. The lowest BCUT2D eigenvalue weighted by Crippen LogP contribution is -2.34. The van der Waals surface area contributed by atoms with Crippen LogP contribution in [0, 0.1) is 0 Å². The van der Waals surface area contributed by atoms with Gasteiger partial charge in [0.2, 0.25) is 0 Å². The van der Waals surface area contributed by atoms with Gasteiger partial charge in [0.25, 0.3) is 5.91 Å². The molecule has 0 heterocycles. The number of nitrogens with zero attached hydrogens (tertiary/aromatic N) is 1. The van der Waals surface area contributed by atoms with Crippen LogP contribution >= 0.6 is 0 Å². The number of imide groups is 1. The summed E-state index contributed by atoms with van der Waals surface area (Å²) >= 11 is 0. The molecule has 4 amide bonds. The number of carbonyl (C=O) groups is 3. The summed E-state index contributed by atoms with van der Waals surface area (Å²) in [6.07, 6.45) is -0.697. The highest BCUT2D eigenvalue weighted by Gasteiger charge is 2.12. The van der Waals surface area contributed by atoms with Gasteiger partial charge in [-0.05, 0) is 66.1 Å². The normalized spacial score (nSPS) is 10.8. The van der Waals surface area contributed by atoms with Crippen LogP contribution in [0.1, 0.15) is 22.8 Å². The van der Waals surface area contributed by atoms with Crippen LogP contribution in [0.3, 0.4) is 0 Å². The third-order valence-corrected chi connectivity index (χ3v) is 5.28. The maximum absolute atomic E-state index is 12.6. The summed E-state index contributed by atoms with van der Waals surface area (Å²) in [6.45, 7) is 1.73. The van der Waals surface area contributed by atoms with E-state index in [0.717, 1.165) is 16.7 Å². The van der Waals surface area contributed by atoms with Crippen molar-refractivity contribution in [1.82, 2.24) is 5.32 Å². The smallest absolute Gasteiger partial charge is 0.308 e. The van der Waals surface area contributed by atoms with E-state index >= 15 is 0 Å². The predicted octanol–water partition coefficient (Wildman–Crippen LogP) is 6.29. The van der Waals surface area contributed by atoms with Crippen LogP contribution in [0.25, 0.3) is 11.1 Å². The first-order valence-corrected chi connectivity index (χ1v) is 11.4. The second kappa shape index (κ2) is 11.9. The Morgan fingerprint density at radius 2 is 1.19 bits per heavy atom. The molecule has 0 atom stereocenters. The Hall–Kier alpha value is -5.24. The molecule has 37 heavy (non-hydrogen) atoms. The Balaban J connectivity index is 1.42. The van der Waals surface area contributed by atoms with Crippen molar-refractivity contribution in [3.8, 4) is 11.1 Å². The zero-order valence-electron chi connectivity index (χ0n) is 20.0. The molecule has 8 nitrogen and oxygen atoms in total. The molecular formula is C29H24N4O4. The van der Waals surface area contributed by atoms with Crippen molar-refractivity contribution in [2.45, 2.75) is 6.92 Å². The average Bonchev–Trinajstić information content (AvgIpc) is 2.93. The molecule has 0 radical (unpaired) electrons. The number of para-hydroxylation sites is 2. The molecule has 4 aromatic rings. The summed E-state index contributed by atoms with van der Waals surface area (Å²) in [6, 6.07) is 31.5. The number of urea groups is 1. The lowest BCUT2D eigenvalue weighted by molar-refractivity contribution is 0.0967. The number of hydrogen-bond acceptors (Lipinski definition) is 5. The Labute approximate surface area is 214 Å². The fraction of sp³-hybridized carbons (Fsp3) is 0.0345. The van der Waals surface area contributed by atoms with Crippen molar-refractivity contribution in [3.63, 3.8) is 0 Å². The SMILES string of the molecule is C/C(=N/OC(=O)Nc1ccccc1)c1cccc(-c2cccc(C(=O)NC(=O)Nc3ccccc3)c2)c1. The largest absolute Gasteiger partial charge is 0.437 e. The van der Waals surface area contributed by atoms with E-state index in [4.69, 9.17) is 4.84 Å². The topological polar surface area (TPSA) is 109 Å². The van der Waals surface area contributed by atoms with E-state index in [9.17, 15) is 14.4 Å². The molecule has 184 valence electrons. The predicted molar refractivity (Wildman–Crippen MR) is 144 cm³/mol. The number of rotatable bonds is 6. The molecular weight excluding hydrogens is 468 g/mol. The molecule has 4 aromatic carbocycles. The number of benzene rings is 4. The summed E-state index contributed by atoms with van der Waals surface area (Å²) in [4.78, 5) is 41.8. The number of amides is 4. The molecule has 0 saturated heterocycles. The van der Waals surface area contributed by atoms with Crippen LogP contribution in [0.2, 0.25) is 0 Å². The van der Waals surface area contributed by atoms with E-state index in [1.807, 2.05) is 42.5 Å². The quantitative estimate of drug-likeness (QED) is 0.167. The Kier molecular flexibility index (Phi) is 8.03. The van der Waals surface area contributed by atoms with Crippen LogP contribution in [0.5, 0.6) is 0 Å². The second-order valence-corrected chi connectivity index (χ2v) is 7.98. The number of anilines is 2. The molecule has 0 unspecified atom stereocenters. The van der Waals surface area contributed by atoms with Crippen LogP contribution in [-0.4, -0.2) is 23.7 Å². The van der Waals surface area contributed by atoms with Crippen molar-refractivity contribution < 1.29 is 19.2 Å². The maximum Gasteiger partial charge on any atom is 0.437 e. The van der Waals surface area contributed by atoms with Crippen LogP contribution < -0.4 is 16.0 Å². The first-order valence-electron chi connectivity index (χ1n) is 11.4. The van der Waals surface area contributed by atoms with Crippen LogP contribution in [0.4, 0.5) is 21.0 Å². The summed E-state index contributed by atoms with van der Waals surface area (Å²) < 4.78 is 0. The van der Waals surface area contributed by atoms with Crippen molar-refractivity contribution in [1.29, 1.82) is 0 Å². The third-order valence-electron chi connectivity index (χ3n) is 5.28. The van der Waals surface area contributed by atoms with Gasteiger partial charge in [0, 0.05) is 16.9 Å². The molecule has 0 saturated carbocycles. The van der Waals surface area contributed by atoms with E-state index in [2.05, 4.69) is 21.1 Å². The fourth-order valence-electron chi connectivity index (χ4n) is 3.45. The summed E-state index contributed by atoms with van der Waals surface area (Å²) in [5.74, 6) is -0.526. The van der Waals surface area contributed by atoms with E-state index in [1.54, 1.807) is 73.7 Å². The molecule has 8 heteroatoms. The van der Waals surface area contributed by atoms with E-state index in [-0.39, 0.29) is 0 Å². The standard InChI is InChI=1S/C29H24N4O4/c1-20(33-37-29(36)31-26-16-6-3-7-17-26)21-10-8-11-22(18-21)23-12-9-13-24(19-23)27(34)32-28(35)30-25-14-4-2-5-15-25/h2-19H,1H3,(H,31,36)(H2,30,32,34,35)/b33-20-. The molecule has 0 bridgehead atoms. The minimum Gasteiger partial charge on any atom is -0.308 e. The van der Waals surface area contributed by atoms with Crippen molar-refractivity contribution in [3.05, 3.63) is 120 Å². The Morgan fingerprint density at radius 1 is 0.649 bits per heavy atom. The van der Waals surface area contributed by atoms with Crippen molar-refractivity contribution in [2.75, 3.05) is 10.6 Å². The van der Waals surface area contributed by atoms with E-state index < -0.39 is 18.0 Å². The van der Waals surface area contributed by atoms with Gasteiger partial charge in [-0.1, -0.05) is 71.9 Å². The van der Waals surface area contributed by atoms with Gasteiger partial charge in [-0.2, -0.15) is 0 Å². The van der Waals surface area contributed by atoms with Crippen LogP contribution in [-0.2, 0) is 4.84 Å². The number of nitrogens with one attached hydrogen (secondary N) is 3. The van der Waals surface area contributed by atoms with Gasteiger partial charge in [-0.3, -0.25) is 20.3 Å². The molecule has 0 fully saturated rings. The highest BCUT2D eigenvalue weighted by Crippen LogP contribution is 2.22. The summed E-state index contributed by atoms with van der Waals surface area (Å²) in [5.41, 5.74) is 4.34. The highest BCUT2D eigenvalue weighted by molar-refractivity contribution is 6.08. The monoisotopic (exact) mass is 492 g/mol. The number of carbonyl (C=O) groups excluding carboxylic acids is 3. The number of oxime groups is 1. The highest BCUT2D eigenvalue weighted by atomic mass is 16.7. The summed E-state index contributed by atoms with van der Waals surface area (Å²) in [7, 11) is 0. The first kappa shape index (κ1) is 24.9. The first-order chi connectivity index (χ1) is 18.0. The van der Waals surface area contributed by atoms with Gasteiger partial charge in [0.1, 0.15) is 0 Å². The molecule has 0 aliphatic rings.